The maximum atomic E-state index is 12.4. The second-order valence-electron chi connectivity index (χ2n) is 4.16. The van der Waals surface area contributed by atoms with Gasteiger partial charge in [-0.2, -0.15) is 13.2 Å². The Hall–Kier alpha value is -0.660. The van der Waals surface area contributed by atoms with Gasteiger partial charge >= 0.3 is 6.18 Å². The largest absolute Gasteiger partial charge is 0.443 e. The summed E-state index contributed by atoms with van der Waals surface area (Å²) in [5.74, 6) is 0. The smallest absolute Gasteiger partial charge is 0.384 e. The number of halogens is 3. The lowest BCUT2D eigenvalue weighted by atomic mass is 9.94. The van der Waals surface area contributed by atoms with Gasteiger partial charge in [0.25, 0.3) is 0 Å². The van der Waals surface area contributed by atoms with Crippen molar-refractivity contribution in [2.45, 2.75) is 31.0 Å². The molecular weight excluding hydrogens is 253 g/mol. The minimum atomic E-state index is -4.43. The van der Waals surface area contributed by atoms with Gasteiger partial charge in [0.2, 0.25) is 0 Å². The third kappa shape index (κ3) is 2.78. The van der Waals surface area contributed by atoms with E-state index < -0.39 is 16.8 Å². The molecule has 0 saturated carbocycles. The van der Waals surface area contributed by atoms with Gasteiger partial charge in [-0.3, -0.25) is 0 Å². The molecule has 1 atom stereocenters. The van der Waals surface area contributed by atoms with Gasteiger partial charge < -0.3 is 10.4 Å². The van der Waals surface area contributed by atoms with E-state index >= 15 is 0 Å². The molecule has 0 bridgehead atoms. The number of nitrogens with zero attached hydrogens (tertiary/aromatic N) is 1. The van der Waals surface area contributed by atoms with Crippen molar-refractivity contribution < 1.29 is 18.3 Å². The van der Waals surface area contributed by atoms with Crippen LogP contribution in [-0.2, 0) is 11.8 Å². The van der Waals surface area contributed by atoms with Crippen molar-refractivity contribution in [1.29, 1.82) is 0 Å². The first-order valence-electron chi connectivity index (χ1n) is 5.38. The Morgan fingerprint density at radius 2 is 2.12 bits per heavy atom. The molecule has 17 heavy (non-hydrogen) atoms. The molecule has 2 N–H and O–H groups in total. The number of hydrogen-bond acceptors (Lipinski definition) is 4. The molecule has 0 aromatic carbocycles. The zero-order valence-electron chi connectivity index (χ0n) is 9.05. The van der Waals surface area contributed by atoms with Crippen LogP contribution in [0.1, 0.15) is 29.1 Å². The number of alkyl halides is 3. The summed E-state index contributed by atoms with van der Waals surface area (Å²) < 4.78 is 37.3. The molecule has 2 heterocycles. The highest BCUT2D eigenvalue weighted by Crippen LogP contribution is 2.39. The predicted molar refractivity (Wildman–Crippen MR) is 57.7 cm³/mol. The number of aliphatic hydroxyl groups is 1. The summed E-state index contributed by atoms with van der Waals surface area (Å²) in [6.07, 6.45) is -1.64. The van der Waals surface area contributed by atoms with E-state index in [0.29, 0.717) is 35.6 Å². The van der Waals surface area contributed by atoms with E-state index in [1.165, 1.54) is 0 Å². The topological polar surface area (TPSA) is 45.2 Å². The van der Waals surface area contributed by atoms with Crippen LogP contribution in [0.3, 0.4) is 0 Å². The summed E-state index contributed by atoms with van der Waals surface area (Å²) in [6, 6.07) is 0. The van der Waals surface area contributed by atoms with Crippen LogP contribution in [0.25, 0.3) is 0 Å². The van der Waals surface area contributed by atoms with Gasteiger partial charge in [-0.15, -0.1) is 11.3 Å². The van der Waals surface area contributed by atoms with Gasteiger partial charge in [0.15, 0.2) is 5.01 Å². The Bertz CT molecular complexity index is 383. The normalized spacial score (nSPS) is 26.8. The Morgan fingerprint density at radius 3 is 2.76 bits per heavy atom. The fraction of sp³-hybridized carbons (Fsp3) is 0.700. The quantitative estimate of drug-likeness (QED) is 0.818. The lowest BCUT2D eigenvalue weighted by Crippen LogP contribution is -2.26. The van der Waals surface area contributed by atoms with Gasteiger partial charge in [0.1, 0.15) is 5.60 Å². The van der Waals surface area contributed by atoms with Crippen LogP contribution in [0.5, 0.6) is 0 Å². The van der Waals surface area contributed by atoms with Crippen molar-refractivity contribution >= 4 is 11.3 Å². The number of thiazole rings is 1. The number of rotatable bonds is 1. The summed E-state index contributed by atoms with van der Waals surface area (Å²) in [5.41, 5.74) is -1.16. The van der Waals surface area contributed by atoms with Crippen LogP contribution in [0, 0.1) is 0 Å². The SMILES string of the molecule is OC1(c2cnc(C(F)(F)F)s2)CCCNCC1. The van der Waals surface area contributed by atoms with Crippen LogP contribution < -0.4 is 5.32 Å². The Balaban J connectivity index is 2.23. The molecule has 1 fully saturated rings. The summed E-state index contributed by atoms with van der Waals surface area (Å²) in [4.78, 5) is 3.67. The van der Waals surface area contributed by atoms with Crippen LogP contribution >= 0.6 is 11.3 Å². The number of hydrogen-bond donors (Lipinski definition) is 2. The lowest BCUT2D eigenvalue weighted by Gasteiger charge is -2.24. The number of nitrogens with one attached hydrogen (secondary N) is 1. The van der Waals surface area contributed by atoms with Crippen molar-refractivity contribution in [1.82, 2.24) is 10.3 Å². The van der Waals surface area contributed by atoms with Crippen molar-refractivity contribution in [3.63, 3.8) is 0 Å². The molecule has 96 valence electrons. The first-order chi connectivity index (χ1) is 7.92. The molecule has 0 aliphatic carbocycles. The molecule has 7 heteroatoms. The molecule has 3 nitrogen and oxygen atoms in total. The fourth-order valence-corrected chi connectivity index (χ4v) is 2.85. The first kappa shape index (κ1) is 12.8. The highest BCUT2D eigenvalue weighted by Gasteiger charge is 2.38. The summed E-state index contributed by atoms with van der Waals surface area (Å²) >= 11 is 0.541. The molecule has 1 aliphatic rings. The van der Waals surface area contributed by atoms with E-state index in [2.05, 4.69) is 10.3 Å². The zero-order valence-corrected chi connectivity index (χ0v) is 9.87. The van der Waals surface area contributed by atoms with Gasteiger partial charge in [0, 0.05) is 6.20 Å². The lowest BCUT2D eigenvalue weighted by molar-refractivity contribution is -0.137. The molecule has 1 saturated heterocycles. The number of aromatic nitrogens is 1. The Morgan fingerprint density at radius 1 is 1.35 bits per heavy atom. The molecule has 1 unspecified atom stereocenters. The van der Waals surface area contributed by atoms with E-state index in [0.717, 1.165) is 19.2 Å². The molecule has 2 rings (SSSR count). The van der Waals surface area contributed by atoms with E-state index in [1.54, 1.807) is 0 Å². The van der Waals surface area contributed by atoms with Gasteiger partial charge in [-0.1, -0.05) is 0 Å². The van der Waals surface area contributed by atoms with Crippen molar-refractivity contribution in [2.75, 3.05) is 13.1 Å². The molecule has 1 aliphatic heterocycles. The molecule has 0 spiro atoms. The second-order valence-corrected chi connectivity index (χ2v) is 5.19. The van der Waals surface area contributed by atoms with Gasteiger partial charge in [0.05, 0.1) is 4.88 Å². The van der Waals surface area contributed by atoms with Crippen LogP contribution in [0.4, 0.5) is 13.2 Å². The summed E-state index contributed by atoms with van der Waals surface area (Å²) in [6.45, 7) is 1.39. The summed E-state index contributed by atoms with van der Waals surface area (Å²) in [7, 11) is 0. The van der Waals surface area contributed by atoms with Crippen molar-refractivity contribution in [3.8, 4) is 0 Å². The van der Waals surface area contributed by atoms with E-state index in [9.17, 15) is 18.3 Å². The summed E-state index contributed by atoms with van der Waals surface area (Å²) in [5, 5.41) is 12.6. The Labute approximate surface area is 101 Å². The van der Waals surface area contributed by atoms with Crippen molar-refractivity contribution in [2.24, 2.45) is 0 Å². The van der Waals surface area contributed by atoms with Crippen molar-refractivity contribution in [3.05, 3.63) is 16.1 Å². The second kappa shape index (κ2) is 4.55. The maximum absolute atomic E-state index is 12.4. The zero-order chi connectivity index (χ0) is 12.5. The molecule has 0 amide bonds. The van der Waals surface area contributed by atoms with E-state index in [-0.39, 0.29) is 0 Å². The maximum Gasteiger partial charge on any atom is 0.443 e. The predicted octanol–water partition coefficient (Wildman–Crippen LogP) is 2.12. The Kier molecular flexibility index (Phi) is 3.42. The van der Waals surface area contributed by atoms with Gasteiger partial charge in [-0.25, -0.2) is 4.98 Å². The highest BCUT2D eigenvalue weighted by molar-refractivity contribution is 7.11. The molecular formula is C10H13F3N2OS. The standard InChI is InChI=1S/C10H13F3N2OS/c11-10(12,13)8-15-6-7(17-8)9(16)2-1-4-14-5-3-9/h6,14,16H,1-5H2. The monoisotopic (exact) mass is 266 g/mol. The third-order valence-corrected chi connectivity index (χ3v) is 4.10. The molecule has 0 radical (unpaired) electrons. The van der Waals surface area contributed by atoms with Gasteiger partial charge in [-0.05, 0) is 32.4 Å². The fourth-order valence-electron chi connectivity index (χ4n) is 1.92. The van der Waals surface area contributed by atoms with E-state index in [1.807, 2.05) is 0 Å². The minimum absolute atomic E-state index is 0.313. The average molecular weight is 266 g/mol. The molecule has 1 aromatic rings. The minimum Gasteiger partial charge on any atom is -0.384 e. The van der Waals surface area contributed by atoms with Crippen LogP contribution in [0.15, 0.2) is 6.20 Å². The highest BCUT2D eigenvalue weighted by atomic mass is 32.1. The average Bonchev–Trinajstić information content (AvgIpc) is 2.64. The van der Waals surface area contributed by atoms with E-state index in [4.69, 9.17) is 0 Å². The van der Waals surface area contributed by atoms with Crippen LogP contribution in [0.2, 0.25) is 0 Å². The van der Waals surface area contributed by atoms with Crippen LogP contribution in [-0.4, -0.2) is 23.2 Å². The molecule has 1 aromatic heterocycles. The first-order valence-corrected chi connectivity index (χ1v) is 6.20. The third-order valence-electron chi connectivity index (χ3n) is 2.87.